The van der Waals surface area contributed by atoms with Crippen molar-refractivity contribution >= 4 is 34.3 Å². The first-order chi connectivity index (χ1) is 9.34. The van der Waals surface area contributed by atoms with Gasteiger partial charge in [0.25, 0.3) is 0 Å². The summed E-state index contributed by atoms with van der Waals surface area (Å²) in [5, 5.41) is 0.676. The molecule has 1 aliphatic rings. The minimum atomic E-state index is 0.0124. The molecule has 0 aliphatic carbocycles. The SMILES string of the molecule is O=C1CSC(=Nc2ccccc2)N1c1ccccn1. The summed E-state index contributed by atoms with van der Waals surface area (Å²) in [5.74, 6) is 1.04. The minimum Gasteiger partial charge on any atom is -0.273 e. The van der Waals surface area contributed by atoms with E-state index in [0.717, 1.165) is 5.69 Å². The number of amides is 1. The Hall–Kier alpha value is -2.14. The molecule has 5 heteroatoms. The van der Waals surface area contributed by atoms with Gasteiger partial charge in [-0.05, 0) is 24.3 Å². The molecule has 1 amide bonds. The first kappa shape index (κ1) is 11.9. The van der Waals surface area contributed by atoms with Gasteiger partial charge in [-0.1, -0.05) is 36.0 Å². The number of aliphatic imine (C=N–C) groups is 1. The molecule has 1 fully saturated rings. The van der Waals surface area contributed by atoms with Crippen LogP contribution in [-0.4, -0.2) is 21.8 Å². The number of aromatic nitrogens is 1. The number of pyridine rings is 1. The zero-order chi connectivity index (χ0) is 13.1. The van der Waals surface area contributed by atoms with Crippen LogP contribution in [0.1, 0.15) is 0 Å². The Morgan fingerprint density at radius 1 is 1.11 bits per heavy atom. The molecule has 0 spiro atoms. The number of hydrogen-bond donors (Lipinski definition) is 0. The third kappa shape index (κ3) is 2.51. The number of nitrogens with zero attached hydrogens (tertiary/aromatic N) is 3. The summed E-state index contributed by atoms with van der Waals surface area (Å²) in [6, 6.07) is 15.1. The van der Waals surface area contributed by atoms with Crippen LogP contribution in [0.4, 0.5) is 11.5 Å². The highest BCUT2D eigenvalue weighted by molar-refractivity contribution is 8.15. The molecule has 0 bridgehead atoms. The van der Waals surface area contributed by atoms with Crippen LogP contribution in [0.2, 0.25) is 0 Å². The van der Waals surface area contributed by atoms with Gasteiger partial charge < -0.3 is 0 Å². The Labute approximate surface area is 115 Å². The summed E-state index contributed by atoms with van der Waals surface area (Å²) in [4.78, 5) is 22.3. The highest BCUT2D eigenvalue weighted by Crippen LogP contribution is 2.27. The van der Waals surface area contributed by atoms with Gasteiger partial charge >= 0.3 is 0 Å². The van der Waals surface area contributed by atoms with Crippen LogP contribution >= 0.6 is 11.8 Å². The lowest BCUT2D eigenvalue weighted by Crippen LogP contribution is -2.29. The van der Waals surface area contributed by atoms with Crippen molar-refractivity contribution in [3.8, 4) is 0 Å². The Balaban J connectivity index is 1.98. The van der Waals surface area contributed by atoms with E-state index in [9.17, 15) is 4.79 Å². The number of hydrogen-bond acceptors (Lipinski definition) is 4. The predicted molar refractivity (Wildman–Crippen MR) is 77.7 cm³/mol. The third-order valence-electron chi connectivity index (χ3n) is 2.62. The van der Waals surface area contributed by atoms with Crippen LogP contribution < -0.4 is 4.90 Å². The van der Waals surface area contributed by atoms with E-state index in [-0.39, 0.29) is 5.91 Å². The van der Waals surface area contributed by atoms with Crippen LogP contribution in [0.3, 0.4) is 0 Å². The average Bonchev–Trinajstić information content (AvgIpc) is 2.82. The van der Waals surface area contributed by atoms with Crippen molar-refractivity contribution in [1.29, 1.82) is 0 Å². The summed E-state index contributed by atoms with van der Waals surface area (Å²) >= 11 is 1.43. The van der Waals surface area contributed by atoms with E-state index in [1.807, 2.05) is 48.5 Å². The molecule has 0 saturated carbocycles. The molecular weight excluding hydrogens is 258 g/mol. The molecular formula is C14H11N3OS. The molecule has 2 heterocycles. The number of carbonyl (C=O) groups excluding carboxylic acids is 1. The summed E-state index contributed by atoms with van der Waals surface area (Å²) in [6.45, 7) is 0. The van der Waals surface area contributed by atoms with Gasteiger partial charge in [-0.3, -0.25) is 4.79 Å². The van der Waals surface area contributed by atoms with E-state index < -0.39 is 0 Å². The maximum atomic E-state index is 12.0. The van der Waals surface area contributed by atoms with E-state index >= 15 is 0 Å². The molecule has 4 nitrogen and oxygen atoms in total. The van der Waals surface area contributed by atoms with Crippen molar-refractivity contribution in [1.82, 2.24) is 4.98 Å². The molecule has 0 atom stereocenters. The summed E-state index contributed by atoms with van der Waals surface area (Å²) in [6.07, 6.45) is 1.67. The van der Waals surface area contributed by atoms with Gasteiger partial charge in [-0.2, -0.15) is 0 Å². The van der Waals surface area contributed by atoms with Crippen molar-refractivity contribution in [3.63, 3.8) is 0 Å². The van der Waals surface area contributed by atoms with Crippen molar-refractivity contribution in [2.45, 2.75) is 0 Å². The zero-order valence-electron chi connectivity index (χ0n) is 10.1. The molecule has 3 rings (SSSR count). The van der Waals surface area contributed by atoms with Crippen molar-refractivity contribution in [3.05, 3.63) is 54.7 Å². The summed E-state index contributed by atoms with van der Waals surface area (Å²) in [5.41, 5.74) is 0.834. The number of carbonyl (C=O) groups is 1. The molecule has 1 aliphatic heterocycles. The van der Waals surface area contributed by atoms with Crippen LogP contribution in [0.5, 0.6) is 0 Å². The van der Waals surface area contributed by atoms with Gasteiger partial charge in [-0.25, -0.2) is 14.9 Å². The smallest absolute Gasteiger partial charge is 0.244 e. The highest BCUT2D eigenvalue weighted by Gasteiger charge is 2.30. The van der Waals surface area contributed by atoms with Crippen molar-refractivity contribution < 1.29 is 4.79 Å². The van der Waals surface area contributed by atoms with Gasteiger partial charge in [0.05, 0.1) is 11.4 Å². The van der Waals surface area contributed by atoms with E-state index in [0.29, 0.717) is 16.7 Å². The molecule has 94 valence electrons. The van der Waals surface area contributed by atoms with Crippen molar-refractivity contribution in [2.24, 2.45) is 4.99 Å². The predicted octanol–water partition coefficient (Wildman–Crippen LogP) is 2.85. The van der Waals surface area contributed by atoms with Crippen LogP contribution in [0.25, 0.3) is 0 Å². The van der Waals surface area contributed by atoms with E-state index in [1.165, 1.54) is 11.8 Å². The second kappa shape index (κ2) is 5.24. The quantitative estimate of drug-likeness (QED) is 0.842. The van der Waals surface area contributed by atoms with E-state index in [2.05, 4.69) is 9.98 Å². The number of amidine groups is 1. The molecule has 1 saturated heterocycles. The lowest BCUT2D eigenvalue weighted by molar-refractivity contribution is -0.115. The Kier molecular flexibility index (Phi) is 3.29. The molecule has 2 aromatic rings. The van der Waals surface area contributed by atoms with Gasteiger partial charge in [0.1, 0.15) is 5.82 Å². The number of thioether (sulfide) groups is 1. The Morgan fingerprint density at radius 2 is 1.89 bits per heavy atom. The number of anilines is 1. The number of rotatable bonds is 2. The fourth-order valence-corrected chi connectivity index (χ4v) is 2.65. The number of benzene rings is 1. The first-order valence-electron chi connectivity index (χ1n) is 5.85. The average molecular weight is 269 g/mol. The zero-order valence-corrected chi connectivity index (χ0v) is 10.9. The Morgan fingerprint density at radius 3 is 2.63 bits per heavy atom. The topological polar surface area (TPSA) is 45.6 Å². The first-order valence-corrected chi connectivity index (χ1v) is 6.84. The van der Waals surface area contributed by atoms with Gasteiger partial charge in [-0.15, -0.1) is 0 Å². The lowest BCUT2D eigenvalue weighted by Gasteiger charge is -2.14. The molecule has 1 aromatic heterocycles. The highest BCUT2D eigenvalue weighted by atomic mass is 32.2. The lowest BCUT2D eigenvalue weighted by atomic mass is 10.3. The van der Waals surface area contributed by atoms with Gasteiger partial charge in [0.2, 0.25) is 5.91 Å². The standard InChI is InChI=1S/C14H11N3OS/c18-13-10-19-14(16-11-6-2-1-3-7-11)17(13)12-8-4-5-9-15-12/h1-9H,10H2. The molecule has 0 radical (unpaired) electrons. The van der Waals surface area contributed by atoms with Gasteiger partial charge in [0, 0.05) is 6.20 Å². The number of para-hydroxylation sites is 1. The summed E-state index contributed by atoms with van der Waals surface area (Å²) in [7, 11) is 0. The van der Waals surface area contributed by atoms with Gasteiger partial charge in [0.15, 0.2) is 5.17 Å². The largest absolute Gasteiger partial charge is 0.273 e. The minimum absolute atomic E-state index is 0.0124. The van der Waals surface area contributed by atoms with E-state index in [4.69, 9.17) is 0 Å². The van der Waals surface area contributed by atoms with Crippen LogP contribution in [-0.2, 0) is 4.79 Å². The Bertz CT molecular complexity index is 613. The second-order valence-corrected chi connectivity index (χ2v) is 4.88. The van der Waals surface area contributed by atoms with Crippen LogP contribution in [0.15, 0.2) is 59.7 Å². The molecule has 0 unspecified atom stereocenters. The molecule has 0 N–H and O–H groups in total. The fourth-order valence-electron chi connectivity index (χ4n) is 1.77. The van der Waals surface area contributed by atoms with Crippen molar-refractivity contribution in [2.75, 3.05) is 10.7 Å². The fraction of sp³-hybridized carbons (Fsp3) is 0.0714. The molecule has 1 aromatic carbocycles. The third-order valence-corrected chi connectivity index (χ3v) is 3.55. The van der Waals surface area contributed by atoms with Crippen LogP contribution in [0, 0.1) is 0 Å². The second-order valence-electron chi connectivity index (χ2n) is 3.94. The van der Waals surface area contributed by atoms with E-state index in [1.54, 1.807) is 11.1 Å². The summed E-state index contributed by atoms with van der Waals surface area (Å²) < 4.78 is 0. The maximum Gasteiger partial charge on any atom is 0.244 e. The molecule has 19 heavy (non-hydrogen) atoms. The maximum absolute atomic E-state index is 12.0. The monoisotopic (exact) mass is 269 g/mol. The normalized spacial score (nSPS) is 17.2.